The molecule has 26 heavy (non-hydrogen) atoms. The van der Waals surface area contributed by atoms with E-state index in [9.17, 15) is 0 Å². The van der Waals surface area contributed by atoms with Crippen LogP contribution in [0.1, 0.15) is 24.0 Å². The van der Waals surface area contributed by atoms with Crippen molar-refractivity contribution in [2.24, 2.45) is 0 Å². The topological polar surface area (TPSA) is 50.7 Å². The third-order valence-electron chi connectivity index (χ3n) is 5.01. The molecule has 0 N–H and O–H groups in total. The minimum Gasteiger partial charge on any atom is -0.497 e. The number of rotatable bonds is 6. The van der Waals surface area contributed by atoms with E-state index in [-0.39, 0.29) is 0 Å². The van der Waals surface area contributed by atoms with Crippen molar-refractivity contribution in [2.45, 2.75) is 32.4 Å². The lowest BCUT2D eigenvalue weighted by Gasteiger charge is -2.36. The van der Waals surface area contributed by atoms with Crippen molar-refractivity contribution in [3.05, 3.63) is 41.7 Å². The Labute approximate surface area is 155 Å². The number of likely N-dealkylation sites (tertiary alicyclic amines) is 1. The van der Waals surface area contributed by atoms with Gasteiger partial charge >= 0.3 is 0 Å². The molecule has 1 aromatic heterocycles. The first-order valence-corrected chi connectivity index (χ1v) is 9.05. The van der Waals surface area contributed by atoms with Crippen molar-refractivity contribution < 1.29 is 9.47 Å². The molecule has 2 heterocycles. The highest BCUT2D eigenvalue weighted by molar-refractivity contribution is 5.38. The number of anilines is 1. The first kappa shape index (κ1) is 18.5. The maximum Gasteiger partial charge on any atom is 0.225 e. The van der Waals surface area contributed by atoms with Gasteiger partial charge in [0.2, 0.25) is 5.95 Å². The van der Waals surface area contributed by atoms with E-state index >= 15 is 0 Å². The van der Waals surface area contributed by atoms with Crippen LogP contribution in [0.4, 0.5) is 5.95 Å². The quantitative estimate of drug-likeness (QED) is 0.793. The molecule has 1 aliphatic rings. The van der Waals surface area contributed by atoms with Gasteiger partial charge in [-0.25, -0.2) is 9.97 Å². The van der Waals surface area contributed by atoms with Crippen LogP contribution >= 0.6 is 0 Å². The summed E-state index contributed by atoms with van der Waals surface area (Å²) >= 11 is 0. The summed E-state index contributed by atoms with van der Waals surface area (Å²) in [5, 5.41) is 0. The fraction of sp³-hybridized carbons (Fsp3) is 0.500. The number of hydrogen-bond donors (Lipinski definition) is 0. The molecule has 0 bridgehead atoms. The summed E-state index contributed by atoms with van der Waals surface area (Å²) in [7, 11) is 5.47. The zero-order valence-corrected chi connectivity index (χ0v) is 16.1. The summed E-state index contributed by atoms with van der Waals surface area (Å²) in [6, 6.07) is 6.56. The predicted octanol–water partition coefficient (Wildman–Crippen LogP) is 2.90. The van der Waals surface area contributed by atoms with Gasteiger partial charge in [0.25, 0.3) is 0 Å². The van der Waals surface area contributed by atoms with Gasteiger partial charge in [-0.15, -0.1) is 0 Å². The van der Waals surface area contributed by atoms with Crippen LogP contribution in [0, 0.1) is 6.92 Å². The SMILES string of the molecule is COc1cc(CN2CCC(N(C)c3ncc(C)cn3)CC2)cc(OC)c1. The van der Waals surface area contributed by atoms with Crippen molar-refractivity contribution in [2.75, 3.05) is 39.3 Å². The summed E-state index contributed by atoms with van der Waals surface area (Å²) in [6.07, 6.45) is 5.97. The van der Waals surface area contributed by atoms with Gasteiger partial charge in [0.05, 0.1) is 14.2 Å². The van der Waals surface area contributed by atoms with Gasteiger partial charge in [0.15, 0.2) is 0 Å². The van der Waals surface area contributed by atoms with Gasteiger partial charge in [-0.2, -0.15) is 0 Å². The van der Waals surface area contributed by atoms with Gasteiger partial charge < -0.3 is 14.4 Å². The molecule has 0 saturated carbocycles. The first-order chi connectivity index (χ1) is 12.6. The highest BCUT2D eigenvalue weighted by atomic mass is 16.5. The summed E-state index contributed by atoms with van der Waals surface area (Å²) in [5.41, 5.74) is 2.31. The maximum atomic E-state index is 5.37. The van der Waals surface area contributed by atoms with E-state index in [0.717, 1.165) is 55.5 Å². The number of hydrogen-bond acceptors (Lipinski definition) is 6. The number of benzene rings is 1. The summed E-state index contributed by atoms with van der Waals surface area (Å²) in [5.74, 6) is 2.49. The minimum absolute atomic E-state index is 0.480. The largest absolute Gasteiger partial charge is 0.497 e. The molecule has 0 aliphatic carbocycles. The molecule has 2 aromatic rings. The lowest BCUT2D eigenvalue weighted by atomic mass is 10.0. The number of aryl methyl sites for hydroxylation is 1. The van der Waals surface area contributed by atoms with Crippen LogP contribution in [0.2, 0.25) is 0 Å². The zero-order valence-electron chi connectivity index (χ0n) is 16.1. The second kappa shape index (κ2) is 8.36. The standard InChI is InChI=1S/C20H28N4O2/c1-15-12-21-20(22-13-15)23(2)17-5-7-24(8-6-17)14-16-9-18(25-3)11-19(10-16)26-4/h9-13,17H,5-8,14H2,1-4H3. The lowest BCUT2D eigenvalue weighted by Crippen LogP contribution is -2.43. The Bertz CT molecular complexity index is 690. The van der Waals surface area contributed by atoms with E-state index in [2.05, 4.69) is 38.9 Å². The zero-order chi connectivity index (χ0) is 18.5. The van der Waals surface area contributed by atoms with Crippen molar-refractivity contribution >= 4 is 5.95 Å². The molecule has 1 aliphatic heterocycles. The third kappa shape index (κ3) is 4.43. The second-order valence-electron chi connectivity index (χ2n) is 6.90. The average Bonchev–Trinajstić information content (AvgIpc) is 2.68. The fourth-order valence-corrected chi connectivity index (χ4v) is 3.41. The van der Waals surface area contributed by atoms with E-state index in [4.69, 9.17) is 9.47 Å². The normalized spacial score (nSPS) is 15.7. The van der Waals surface area contributed by atoms with E-state index < -0.39 is 0 Å². The average molecular weight is 356 g/mol. The van der Waals surface area contributed by atoms with E-state index in [0.29, 0.717) is 6.04 Å². The predicted molar refractivity (Wildman–Crippen MR) is 103 cm³/mol. The smallest absolute Gasteiger partial charge is 0.225 e. The molecule has 0 spiro atoms. The van der Waals surface area contributed by atoms with Crippen LogP contribution in [-0.4, -0.2) is 55.3 Å². The molecule has 0 atom stereocenters. The summed E-state index contributed by atoms with van der Waals surface area (Å²) in [6.45, 7) is 5.03. The van der Waals surface area contributed by atoms with Gasteiger partial charge in [-0.3, -0.25) is 4.90 Å². The minimum atomic E-state index is 0.480. The van der Waals surface area contributed by atoms with Gasteiger partial charge in [-0.1, -0.05) is 0 Å². The maximum absolute atomic E-state index is 5.37. The van der Waals surface area contributed by atoms with Crippen LogP contribution in [0.25, 0.3) is 0 Å². The van der Waals surface area contributed by atoms with E-state index in [1.807, 2.05) is 25.4 Å². The number of nitrogens with zero attached hydrogens (tertiary/aromatic N) is 4. The molecule has 6 heteroatoms. The number of aromatic nitrogens is 2. The second-order valence-corrected chi connectivity index (χ2v) is 6.90. The molecule has 6 nitrogen and oxygen atoms in total. The summed E-state index contributed by atoms with van der Waals surface area (Å²) < 4.78 is 10.7. The Kier molecular flexibility index (Phi) is 5.93. The number of ether oxygens (including phenoxy) is 2. The van der Waals surface area contributed by atoms with Crippen molar-refractivity contribution in [3.63, 3.8) is 0 Å². The molecular formula is C20H28N4O2. The molecule has 1 fully saturated rings. The highest BCUT2D eigenvalue weighted by Gasteiger charge is 2.24. The Balaban J connectivity index is 1.57. The van der Waals surface area contributed by atoms with Crippen LogP contribution in [-0.2, 0) is 6.54 Å². The monoisotopic (exact) mass is 356 g/mol. The molecule has 0 radical (unpaired) electrons. The molecule has 140 valence electrons. The van der Waals surface area contributed by atoms with Gasteiger partial charge in [-0.05, 0) is 43.0 Å². The molecule has 0 amide bonds. The molecular weight excluding hydrogens is 328 g/mol. The molecule has 1 saturated heterocycles. The van der Waals surface area contributed by atoms with E-state index in [1.54, 1.807) is 14.2 Å². The Morgan fingerprint density at radius 1 is 1.04 bits per heavy atom. The highest BCUT2D eigenvalue weighted by Crippen LogP contribution is 2.25. The summed E-state index contributed by atoms with van der Waals surface area (Å²) in [4.78, 5) is 13.6. The van der Waals surface area contributed by atoms with Crippen molar-refractivity contribution in [3.8, 4) is 11.5 Å². The van der Waals surface area contributed by atoms with Gasteiger partial charge in [0.1, 0.15) is 11.5 Å². The van der Waals surface area contributed by atoms with Crippen molar-refractivity contribution in [1.82, 2.24) is 14.9 Å². The van der Waals surface area contributed by atoms with Crippen LogP contribution in [0.15, 0.2) is 30.6 Å². The van der Waals surface area contributed by atoms with Crippen LogP contribution in [0.3, 0.4) is 0 Å². The molecule has 3 rings (SSSR count). The van der Waals surface area contributed by atoms with Gasteiger partial charge in [0, 0.05) is 51.2 Å². The molecule has 1 aromatic carbocycles. The van der Waals surface area contributed by atoms with Crippen molar-refractivity contribution in [1.29, 1.82) is 0 Å². The Morgan fingerprint density at radius 3 is 2.15 bits per heavy atom. The van der Waals surface area contributed by atoms with E-state index in [1.165, 1.54) is 5.56 Å². The number of methoxy groups -OCH3 is 2. The first-order valence-electron chi connectivity index (χ1n) is 9.05. The number of piperidine rings is 1. The van der Waals surface area contributed by atoms with Crippen LogP contribution < -0.4 is 14.4 Å². The third-order valence-corrected chi connectivity index (χ3v) is 5.01. The lowest BCUT2D eigenvalue weighted by molar-refractivity contribution is 0.202. The molecule has 0 unspecified atom stereocenters. The Morgan fingerprint density at radius 2 is 1.62 bits per heavy atom. The van der Waals surface area contributed by atoms with Crippen LogP contribution in [0.5, 0.6) is 11.5 Å². The Hall–Kier alpha value is -2.34. The fourth-order valence-electron chi connectivity index (χ4n) is 3.41.